The van der Waals surface area contributed by atoms with Gasteiger partial charge < -0.3 is 4.74 Å². The van der Waals surface area contributed by atoms with Gasteiger partial charge >= 0.3 is 5.97 Å². The molecule has 0 saturated carbocycles. The fraction of sp³-hybridized carbons (Fsp3) is 0.562. The van der Waals surface area contributed by atoms with Crippen molar-refractivity contribution in [2.45, 2.75) is 50.5 Å². The molecule has 0 unspecified atom stereocenters. The zero-order valence-corrected chi connectivity index (χ0v) is 14.1. The second-order valence-corrected chi connectivity index (χ2v) is 7.51. The molecule has 2 rings (SSSR count). The number of rotatable bonds is 6. The largest absolute Gasteiger partial charge is 0.468 e. The third-order valence-corrected chi connectivity index (χ3v) is 5.77. The summed E-state index contributed by atoms with van der Waals surface area (Å²) in [5.74, 6) is -0.698. The van der Waals surface area contributed by atoms with Gasteiger partial charge in [0.05, 0.1) is 12.0 Å². The third-order valence-electron chi connectivity index (χ3n) is 4.33. The summed E-state index contributed by atoms with van der Waals surface area (Å²) in [4.78, 5) is 12.1. The van der Waals surface area contributed by atoms with Crippen LogP contribution in [0.1, 0.15) is 37.8 Å². The van der Waals surface area contributed by atoms with E-state index < -0.39 is 22.0 Å². The van der Waals surface area contributed by atoms with Gasteiger partial charge in [-0.2, -0.15) is 4.72 Å². The smallest absolute Gasteiger partial charge is 0.324 e. The number of methoxy groups -OCH3 is 1. The summed E-state index contributed by atoms with van der Waals surface area (Å²) in [6.45, 7) is 3.73. The second-order valence-electron chi connectivity index (χ2n) is 5.79. The van der Waals surface area contributed by atoms with E-state index in [2.05, 4.69) is 4.72 Å². The normalized spacial score (nSPS) is 16.9. The molecule has 1 aromatic carbocycles. The number of sulfonamides is 1. The molecule has 0 bridgehead atoms. The molecule has 1 aliphatic carbocycles. The molecule has 1 aliphatic rings. The van der Waals surface area contributed by atoms with Crippen LogP contribution in [0.4, 0.5) is 0 Å². The standard InChI is InChI=1S/C16H23NO4S/c1-4-11(2)15(16(18)21-3)17-22(19,20)14-9-8-12-6-5-7-13(12)10-14/h8-11,15,17H,4-7H2,1-3H3/t11-,15+/m0/s1. The topological polar surface area (TPSA) is 72.5 Å². The number of aryl methyl sites for hydroxylation is 2. The first kappa shape index (κ1) is 17.0. The Kier molecular flexibility index (Phi) is 5.24. The van der Waals surface area contributed by atoms with E-state index in [1.54, 1.807) is 12.1 Å². The SMILES string of the molecule is CC[C@H](C)[C@@H](NS(=O)(=O)c1ccc2c(c1)CCC2)C(=O)OC. The molecule has 5 nitrogen and oxygen atoms in total. The van der Waals surface area contributed by atoms with Crippen molar-refractivity contribution < 1.29 is 17.9 Å². The van der Waals surface area contributed by atoms with Crippen molar-refractivity contribution in [1.82, 2.24) is 4.72 Å². The molecule has 6 heteroatoms. The van der Waals surface area contributed by atoms with Crippen molar-refractivity contribution in [2.24, 2.45) is 5.92 Å². The average Bonchev–Trinajstić information content (AvgIpc) is 2.98. The number of ether oxygens (including phenoxy) is 1. The van der Waals surface area contributed by atoms with Crippen LogP contribution in [-0.2, 0) is 32.4 Å². The van der Waals surface area contributed by atoms with Gasteiger partial charge in [0.2, 0.25) is 10.0 Å². The van der Waals surface area contributed by atoms with Crippen LogP contribution < -0.4 is 4.72 Å². The molecule has 0 heterocycles. The predicted octanol–water partition coefficient (Wildman–Crippen LogP) is 2.04. The Hall–Kier alpha value is -1.40. The molecule has 0 aliphatic heterocycles. The molecule has 1 N–H and O–H groups in total. The molecule has 22 heavy (non-hydrogen) atoms. The first-order chi connectivity index (χ1) is 10.4. The number of hydrogen-bond donors (Lipinski definition) is 1. The maximum Gasteiger partial charge on any atom is 0.324 e. The Bertz CT molecular complexity index is 654. The third kappa shape index (κ3) is 3.50. The van der Waals surface area contributed by atoms with Gasteiger partial charge in [-0.3, -0.25) is 4.79 Å². The molecule has 0 amide bonds. The Morgan fingerprint density at radius 1 is 1.32 bits per heavy atom. The van der Waals surface area contributed by atoms with Crippen LogP contribution in [-0.4, -0.2) is 27.5 Å². The lowest BCUT2D eigenvalue weighted by molar-refractivity contribution is -0.143. The Balaban J connectivity index is 2.27. The highest BCUT2D eigenvalue weighted by molar-refractivity contribution is 7.89. The number of benzene rings is 1. The van der Waals surface area contributed by atoms with Crippen LogP contribution in [0.25, 0.3) is 0 Å². The summed E-state index contributed by atoms with van der Waals surface area (Å²) < 4.78 is 32.4. The van der Waals surface area contributed by atoms with Crippen LogP contribution in [0.15, 0.2) is 23.1 Å². The lowest BCUT2D eigenvalue weighted by atomic mass is 10.0. The van der Waals surface area contributed by atoms with E-state index in [1.807, 2.05) is 19.9 Å². The predicted molar refractivity (Wildman–Crippen MR) is 84.0 cm³/mol. The minimum atomic E-state index is -3.74. The summed E-state index contributed by atoms with van der Waals surface area (Å²) in [7, 11) is -2.48. The number of hydrogen-bond acceptors (Lipinski definition) is 4. The molecule has 0 saturated heterocycles. The van der Waals surface area contributed by atoms with Gasteiger partial charge in [-0.1, -0.05) is 26.3 Å². The Morgan fingerprint density at radius 3 is 2.64 bits per heavy atom. The van der Waals surface area contributed by atoms with Gasteiger partial charge in [0.1, 0.15) is 6.04 Å². The number of nitrogens with one attached hydrogen (secondary N) is 1. The van der Waals surface area contributed by atoms with Crippen LogP contribution in [0.5, 0.6) is 0 Å². The van der Waals surface area contributed by atoms with E-state index in [4.69, 9.17) is 4.74 Å². The number of esters is 1. The lowest BCUT2D eigenvalue weighted by Crippen LogP contribution is -2.45. The quantitative estimate of drug-likeness (QED) is 0.813. The molecular weight excluding hydrogens is 302 g/mol. The van der Waals surface area contributed by atoms with Gasteiger partial charge in [-0.05, 0) is 48.4 Å². The molecule has 122 valence electrons. The first-order valence-electron chi connectivity index (χ1n) is 7.61. The van der Waals surface area contributed by atoms with Crippen molar-refractivity contribution in [1.29, 1.82) is 0 Å². The molecule has 0 spiro atoms. The van der Waals surface area contributed by atoms with Gasteiger partial charge in [0, 0.05) is 0 Å². The van der Waals surface area contributed by atoms with Crippen LogP contribution in [0.2, 0.25) is 0 Å². The van der Waals surface area contributed by atoms with E-state index in [9.17, 15) is 13.2 Å². The van der Waals surface area contributed by atoms with E-state index in [-0.39, 0.29) is 10.8 Å². The zero-order valence-electron chi connectivity index (χ0n) is 13.3. The lowest BCUT2D eigenvalue weighted by Gasteiger charge is -2.21. The van der Waals surface area contributed by atoms with Gasteiger partial charge in [-0.15, -0.1) is 0 Å². The van der Waals surface area contributed by atoms with Crippen molar-refractivity contribution in [3.63, 3.8) is 0 Å². The summed E-state index contributed by atoms with van der Waals surface area (Å²) in [5, 5.41) is 0. The van der Waals surface area contributed by atoms with E-state index in [0.29, 0.717) is 6.42 Å². The minimum Gasteiger partial charge on any atom is -0.468 e. The van der Waals surface area contributed by atoms with Crippen LogP contribution in [0, 0.1) is 5.92 Å². The first-order valence-corrected chi connectivity index (χ1v) is 9.09. The maximum absolute atomic E-state index is 12.6. The fourth-order valence-electron chi connectivity index (χ4n) is 2.71. The highest BCUT2D eigenvalue weighted by Crippen LogP contribution is 2.25. The molecule has 0 aromatic heterocycles. The summed E-state index contributed by atoms with van der Waals surface area (Å²) in [6, 6.07) is 4.33. The fourth-order valence-corrected chi connectivity index (χ4v) is 4.05. The van der Waals surface area contributed by atoms with Gasteiger partial charge in [-0.25, -0.2) is 8.42 Å². The average molecular weight is 325 g/mol. The highest BCUT2D eigenvalue weighted by atomic mass is 32.2. The minimum absolute atomic E-state index is 0.142. The Labute approximate surface area is 132 Å². The van der Waals surface area contributed by atoms with Crippen molar-refractivity contribution in [3.05, 3.63) is 29.3 Å². The number of carbonyl (C=O) groups is 1. The van der Waals surface area contributed by atoms with Gasteiger partial charge in [0.25, 0.3) is 0 Å². The van der Waals surface area contributed by atoms with E-state index >= 15 is 0 Å². The zero-order chi connectivity index (χ0) is 16.3. The van der Waals surface area contributed by atoms with Crippen LogP contribution in [0.3, 0.4) is 0 Å². The molecular formula is C16H23NO4S. The van der Waals surface area contributed by atoms with Crippen molar-refractivity contribution in [2.75, 3.05) is 7.11 Å². The molecule has 0 fully saturated rings. The summed E-state index contributed by atoms with van der Waals surface area (Å²) in [5.41, 5.74) is 2.30. The second kappa shape index (κ2) is 6.79. The number of carbonyl (C=O) groups excluding carboxylic acids is 1. The van der Waals surface area contributed by atoms with E-state index in [0.717, 1.165) is 24.8 Å². The maximum atomic E-state index is 12.6. The van der Waals surface area contributed by atoms with E-state index in [1.165, 1.54) is 12.7 Å². The van der Waals surface area contributed by atoms with Gasteiger partial charge in [0.15, 0.2) is 0 Å². The molecule has 0 radical (unpaired) electrons. The summed E-state index contributed by atoms with van der Waals surface area (Å²) in [6.07, 6.45) is 3.64. The number of fused-ring (bicyclic) bond motifs is 1. The van der Waals surface area contributed by atoms with Crippen molar-refractivity contribution >= 4 is 16.0 Å². The monoisotopic (exact) mass is 325 g/mol. The highest BCUT2D eigenvalue weighted by Gasteiger charge is 2.30. The van der Waals surface area contributed by atoms with Crippen molar-refractivity contribution in [3.8, 4) is 0 Å². The molecule has 1 aromatic rings. The Morgan fingerprint density at radius 2 is 2.00 bits per heavy atom. The molecule has 2 atom stereocenters. The van der Waals surface area contributed by atoms with Crippen LogP contribution >= 0.6 is 0 Å². The summed E-state index contributed by atoms with van der Waals surface area (Å²) >= 11 is 0.